The summed E-state index contributed by atoms with van der Waals surface area (Å²) in [5.74, 6) is 0.960. The lowest BCUT2D eigenvalue weighted by Crippen LogP contribution is -2.45. The van der Waals surface area contributed by atoms with Crippen molar-refractivity contribution in [2.75, 3.05) is 6.54 Å². The number of nitrogens with one attached hydrogen (secondary N) is 2. The molecule has 0 amide bonds. The molecule has 3 heteroatoms. The fraction of sp³-hybridized carbons (Fsp3) is 0.800. The van der Waals surface area contributed by atoms with Crippen molar-refractivity contribution < 1.29 is 0 Å². The first-order valence-electron chi connectivity index (χ1n) is 7.56. The molecular weight excluding hydrogens is 222 g/mol. The Balaban J connectivity index is 1.65. The van der Waals surface area contributed by atoms with Crippen molar-refractivity contribution in [3.8, 4) is 0 Å². The monoisotopic (exact) mass is 247 g/mol. The molecule has 0 bridgehead atoms. The number of fused-ring (bicyclic) bond motifs is 1. The highest BCUT2D eigenvalue weighted by Gasteiger charge is 2.34. The number of nitrogens with zero attached hydrogens (tertiary/aromatic N) is 1. The van der Waals surface area contributed by atoms with E-state index in [9.17, 15) is 0 Å². The van der Waals surface area contributed by atoms with Crippen LogP contribution in [0.2, 0.25) is 0 Å². The fourth-order valence-electron chi connectivity index (χ4n) is 3.71. The number of imidazole rings is 1. The first kappa shape index (κ1) is 12.2. The van der Waals surface area contributed by atoms with Gasteiger partial charge in [0.05, 0.1) is 17.6 Å². The molecule has 0 spiro atoms. The molecule has 0 aromatic carbocycles. The molecule has 3 rings (SSSR count). The molecular formula is C15H25N3. The number of rotatable bonds is 3. The molecule has 1 atom stereocenters. The third-order valence-corrected chi connectivity index (χ3v) is 4.91. The molecule has 18 heavy (non-hydrogen) atoms. The number of aromatic nitrogens is 2. The Hall–Kier alpha value is -0.830. The number of aromatic amines is 1. The summed E-state index contributed by atoms with van der Waals surface area (Å²) < 4.78 is 0. The van der Waals surface area contributed by atoms with Crippen LogP contribution in [0.25, 0.3) is 0 Å². The van der Waals surface area contributed by atoms with Crippen LogP contribution in [0.15, 0.2) is 6.33 Å². The van der Waals surface area contributed by atoms with Gasteiger partial charge < -0.3 is 10.3 Å². The number of H-pyrrole nitrogens is 1. The topological polar surface area (TPSA) is 40.7 Å². The van der Waals surface area contributed by atoms with Crippen LogP contribution in [0.3, 0.4) is 0 Å². The normalized spacial score (nSPS) is 29.2. The van der Waals surface area contributed by atoms with E-state index in [0.717, 1.165) is 18.9 Å². The molecule has 3 nitrogen and oxygen atoms in total. The first-order valence-corrected chi connectivity index (χ1v) is 7.56. The Bertz CT molecular complexity index is 392. The smallest absolute Gasteiger partial charge is 0.0926 e. The minimum Gasteiger partial charge on any atom is -0.348 e. The molecule has 1 unspecified atom stereocenters. The van der Waals surface area contributed by atoms with Crippen molar-refractivity contribution in [3.05, 3.63) is 17.7 Å². The van der Waals surface area contributed by atoms with Crippen LogP contribution in [-0.4, -0.2) is 16.5 Å². The van der Waals surface area contributed by atoms with Crippen LogP contribution in [0.1, 0.15) is 63.3 Å². The summed E-state index contributed by atoms with van der Waals surface area (Å²) in [7, 11) is 0. The highest BCUT2D eigenvalue weighted by atomic mass is 15.1. The van der Waals surface area contributed by atoms with E-state index in [0.29, 0.717) is 0 Å². The highest BCUT2D eigenvalue weighted by Crippen LogP contribution is 2.34. The van der Waals surface area contributed by atoms with E-state index < -0.39 is 0 Å². The average molecular weight is 247 g/mol. The third kappa shape index (κ3) is 2.33. The summed E-state index contributed by atoms with van der Waals surface area (Å²) in [5.41, 5.74) is 2.72. The van der Waals surface area contributed by atoms with E-state index in [2.05, 4.69) is 22.2 Å². The molecule has 1 fully saturated rings. The average Bonchev–Trinajstić information content (AvgIpc) is 2.88. The Kier molecular flexibility index (Phi) is 3.42. The number of hydrogen-bond acceptors (Lipinski definition) is 2. The van der Waals surface area contributed by atoms with Crippen LogP contribution in [-0.2, 0) is 12.0 Å². The summed E-state index contributed by atoms with van der Waals surface area (Å²) in [6.45, 7) is 3.41. The zero-order valence-electron chi connectivity index (χ0n) is 11.5. The van der Waals surface area contributed by atoms with Gasteiger partial charge in [0.25, 0.3) is 0 Å². The van der Waals surface area contributed by atoms with E-state index in [4.69, 9.17) is 0 Å². The summed E-state index contributed by atoms with van der Waals surface area (Å²) in [6.07, 6.45) is 12.8. The van der Waals surface area contributed by atoms with Crippen LogP contribution in [0.5, 0.6) is 0 Å². The summed E-state index contributed by atoms with van der Waals surface area (Å²) >= 11 is 0. The molecule has 1 aliphatic carbocycles. The molecule has 100 valence electrons. The van der Waals surface area contributed by atoms with Gasteiger partial charge in [0.15, 0.2) is 0 Å². The maximum absolute atomic E-state index is 4.56. The van der Waals surface area contributed by atoms with Crippen molar-refractivity contribution in [2.24, 2.45) is 5.92 Å². The maximum Gasteiger partial charge on any atom is 0.0926 e. The second-order valence-electron chi connectivity index (χ2n) is 6.28. The molecule has 1 aliphatic heterocycles. The van der Waals surface area contributed by atoms with E-state index in [1.54, 1.807) is 0 Å². The Labute approximate surface area is 110 Å². The van der Waals surface area contributed by atoms with Gasteiger partial charge in [-0.2, -0.15) is 0 Å². The van der Waals surface area contributed by atoms with Gasteiger partial charge in [-0.25, -0.2) is 4.98 Å². The second-order valence-corrected chi connectivity index (χ2v) is 6.28. The first-order chi connectivity index (χ1) is 8.78. The summed E-state index contributed by atoms with van der Waals surface area (Å²) in [6, 6.07) is 0. The molecule has 1 saturated carbocycles. The molecule has 2 heterocycles. The van der Waals surface area contributed by atoms with Gasteiger partial charge in [-0.15, -0.1) is 0 Å². The maximum atomic E-state index is 4.56. The second kappa shape index (κ2) is 5.04. The lowest BCUT2D eigenvalue weighted by Gasteiger charge is -2.35. The van der Waals surface area contributed by atoms with Crippen molar-refractivity contribution >= 4 is 0 Å². The Morgan fingerprint density at radius 3 is 3.00 bits per heavy atom. The van der Waals surface area contributed by atoms with Crippen LogP contribution in [0, 0.1) is 5.92 Å². The minimum absolute atomic E-state index is 0.102. The SMILES string of the molecule is CC1(CCC2CCCCC2)NCCc2[nH]cnc21. The van der Waals surface area contributed by atoms with E-state index >= 15 is 0 Å². The van der Waals surface area contributed by atoms with Crippen molar-refractivity contribution in [1.82, 2.24) is 15.3 Å². The Morgan fingerprint density at radius 2 is 2.17 bits per heavy atom. The van der Waals surface area contributed by atoms with E-state index in [1.165, 1.54) is 56.3 Å². The molecule has 2 aliphatic rings. The molecule has 0 saturated heterocycles. The predicted molar refractivity (Wildman–Crippen MR) is 73.5 cm³/mol. The van der Waals surface area contributed by atoms with Crippen molar-refractivity contribution in [2.45, 2.75) is 63.8 Å². The van der Waals surface area contributed by atoms with Crippen LogP contribution in [0.4, 0.5) is 0 Å². The van der Waals surface area contributed by atoms with Gasteiger partial charge in [0.1, 0.15) is 0 Å². The van der Waals surface area contributed by atoms with Gasteiger partial charge in [0.2, 0.25) is 0 Å². The summed E-state index contributed by atoms with van der Waals surface area (Å²) in [5, 5.41) is 3.69. The molecule has 1 aromatic rings. The van der Waals surface area contributed by atoms with Crippen molar-refractivity contribution in [3.63, 3.8) is 0 Å². The van der Waals surface area contributed by atoms with Gasteiger partial charge in [-0.05, 0) is 25.7 Å². The van der Waals surface area contributed by atoms with Gasteiger partial charge in [-0.3, -0.25) is 0 Å². The predicted octanol–water partition coefficient (Wildman–Crippen LogP) is 3.13. The zero-order chi connectivity index (χ0) is 12.4. The Morgan fingerprint density at radius 1 is 1.33 bits per heavy atom. The lowest BCUT2D eigenvalue weighted by molar-refractivity contribution is 0.253. The summed E-state index contributed by atoms with van der Waals surface area (Å²) in [4.78, 5) is 7.86. The lowest BCUT2D eigenvalue weighted by atomic mass is 9.80. The molecule has 2 N–H and O–H groups in total. The quantitative estimate of drug-likeness (QED) is 0.861. The number of hydrogen-bond donors (Lipinski definition) is 2. The highest BCUT2D eigenvalue weighted by molar-refractivity contribution is 5.24. The standard InChI is InChI=1S/C15H25N3/c1-15(9-7-12-5-3-2-4-6-12)14-13(8-10-18-15)16-11-17-14/h11-12,18H,2-10H2,1H3,(H,16,17). The van der Waals surface area contributed by atoms with E-state index in [-0.39, 0.29) is 5.54 Å². The molecule has 0 radical (unpaired) electrons. The third-order valence-electron chi connectivity index (χ3n) is 4.91. The van der Waals surface area contributed by atoms with Gasteiger partial charge in [-0.1, -0.05) is 32.1 Å². The zero-order valence-corrected chi connectivity index (χ0v) is 11.5. The molecule has 1 aromatic heterocycles. The minimum atomic E-state index is 0.102. The largest absolute Gasteiger partial charge is 0.348 e. The van der Waals surface area contributed by atoms with Crippen LogP contribution >= 0.6 is 0 Å². The van der Waals surface area contributed by atoms with Crippen molar-refractivity contribution in [1.29, 1.82) is 0 Å². The van der Waals surface area contributed by atoms with Gasteiger partial charge in [0, 0.05) is 18.7 Å². The van der Waals surface area contributed by atoms with E-state index in [1.807, 2.05) is 6.33 Å². The van der Waals surface area contributed by atoms with Gasteiger partial charge >= 0.3 is 0 Å². The van der Waals surface area contributed by atoms with Crippen LogP contribution < -0.4 is 5.32 Å². The fourth-order valence-corrected chi connectivity index (χ4v) is 3.71.